The van der Waals surface area contributed by atoms with Gasteiger partial charge in [-0.3, -0.25) is 48.2 Å². The summed E-state index contributed by atoms with van der Waals surface area (Å²) in [7, 11) is 0. The summed E-state index contributed by atoms with van der Waals surface area (Å²) in [5.41, 5.74) is 0.539. The van der Waals surface area contributed by atoms with Crippen molar-refractivity contribution in [2.45, 2.75) is 104 Å². The zero-order valence-electron chi connectivity index (χ0n) is 52.0. The molecule has 4 heterocycles. The van der Waals surface area contributed by atoms with Crippen LogP contribution in [0.5, 0.6) is 5.75 Å². The van der Waals surface area contributed by atoms with E-state index in [4.69, 9.17) is 18.7 Å². The summed E-state index contributed by atoms with van der Waals surface area (Å²) < 4.78 is 15.7. The maximum atomic E-state index is 12.5. The number of fused-ring (bicyclic) bond motifs is 14. The highest BCUT2D eigenvalue weighted by atomic mass is 16.7. The molecule has 16 atom stereocenters. The quantitative estimate of drug-likeness (QED) is 0.0429. The number of hydroxylamine groups is 2. The first kappa shape index (κ1) is 63.3. The molecule has 1 aromatic heterocycles. The first-order valence-corrected chi connectivity index (χ1v) is 32.6. The summed E-state index contributed by atoms with van der Waals surface area (Å²) in [4.78, 5) is 137. The van der Waals surface area contributed by atoms with E-state index in [1.165, 1.54) is 34.4 Å². The maximum Gasteiger partial charge on any atom is 0.407 e. The van der Waals surface area contributed by atoms with E-state index in [0.717, 1.165) is 62.3 Å². The van der Waals surface area contributed by atoms with Crippen molar-refractivity contribution < 1.29 is 66.7 Å². The highest BCUT2D eigenvalue weighted by molar-refractivity contribution is 6.13. The molecular weight excluding hydrogens is 1170 g/mol. The monoisotopic (exact) mass is 1250 g/mol. The molecule has 0 spiro atoms. The molecule has 16 rings (SSSR count). The molecule has 13 aliphatic rings. The highest BCUT2D eigenvalue weighted by Gasteiger charge is 2.59. The van der Waals surface area contributed by atoms with Crippen LogP contribution in [-0.4, -0.2) is 99.5 Å². The van der Waals surface area contributed by atoms with Crippen molar-refractivity contribution in [1.82, 2.24) is 25.5 Å². The normalized spacial score (nSPS) is 31.8. The van der Waals surface area contributed by atoms with Crippen molar-refractivity contribution in [3.05, 3.63) is 150 Å². The van der Waals surface area contributed by atoms with Gasteiger partial charge in [0.05, 0.1) is 30.2 Å². The van der Waals surface area contributed by atoms with E-state index in [0.29, 0.717) is 102 Å². The molecule has 92 heavy (non-hydrogen) atoms. The van der Waals surface area contributed by atoms with Crippen molar-refractivity contribution in [2.24, 2.45) is 94.7 Å². The van der Waals surface area contributed by atoms with Gasteiger partial charge in [0, 0.05) is 68.1 Å². The van der Waals surface area contributed by atoms with Gasteiger partial charge in [-0.2, -0.15) is 0 Å². The minimum absolute atomic E-state index is 0.0377. The van der Waals surface area contributed by atoms with Crippen LogP contribution in [0.3, 0.4) is 0 Å². The Kier molecular flexibility index (Phi) is 18.5. The summed E-state index contributed by atoms with van der Waals surface area (Å²) in [6, 6.07) is 17.9. The molecule has 2 aromatic carbocycles. The van der Waals surface area contributed by atoms with Crippen LogP contribution in [-0.2, 0) is 59.3 Å². The molecule has 10 aliphatic carbocycles. The van der Waals surface area contributed by atoms with Crippen LogP contribution in [0.15, 0.2) is 143 Å². The van der Waals surface area contributed by atoms with Crippen molar-refractivity contribution in [3.63, 3.8) is 0 Å². The van der Waals surface area contributed by atoms with E-state index in [1.54, 1.807) is 24.3 Å². The Labute approximate surface area is 533 Å². The molecule has 3 aromatic rings. The van der Waals surface area contributed by atoms with Crippen LogP contribution in [0.1, 0.15) is 97.0 Å². The summed E-state index contributed by atoms with van der Waals surface area (Å²) >= 11 is 0. The number of benzene rings is 2. The Morgan fingerprint density at radius 1 is 0.543 bits per heavy atom. The number of carbonyl (C=O) groups is 10. The van der Waals surface area contributed by atoms with Gasteiger partial charge >= 0.3 is 23.7 Å². The second-order valence-corrected chi connectivity index (χ2v) is 27.7. The smallest absolute Gasteiger partial charge is 0.407 e. The molecule has 2 saturated heterocycles. The van der Waals surface area contributed by atoms with E-state index in [2.05, 4.69) is 65.3 Å². The van der Waals surface area contributed by atoms with Crippen LogP contribution in [0.25, 0.3) is 11.0 Å². The standard InChI is InChI=1S/C17H14O4.C16H15NO2.C15H24N2O3.C12H13NO4.C12H13NO2/c18-16-6-4-11-3-5-13(9-15(11)21-16)20-17(19)14-8-10-1-2-12(14)7-10;18-15-13-11-6-7-12(8-11)14(13)16(19)17(15)9-10-4-2-1-3-5-10;1-15(2,3)20-14(19)17-7-6-16-13(18)12-9-10-4-5-11(12)8-10;14-10-3-4-11(15)13(10)17-12(16)9-6-7-1-2-8(9)5-7;14-11-3-4-12(15)13(11)7-10-6-8-1-2-9(10)5-8/h1-6,9-10,12,14H,7-8H2;1-7,11-14H,8-9H2;4-5,10-12H,6-9H2,1-3H3,(H,16,18)(H,17,19);1-2,7-9H,3-6H2;1-4,8-10H,5-7H2/t;;;;8?,9?,10-/m....1/s1. The number of hydrogen-bond acceptors (Lipinski definition) is 15. The number of ether oxygens (including phenoxy) is 2. The van der Waals surface area contributed by atoms with Crippen LogP contribution in [0, 0.1) is 94.7 Å². The Balaban J connectivity index is 0.000000111. The molecule has 10 bridgehead atoms. The Bertz CT molecular complexity index is 3620. The number of likely N-dealkylation sites (tertiary alicyclic amines) is 1. The summed E-state index contributed by atoms with van der Waals surface area (Å²) in [6.07, 6.45) is 33.3. The van der Waals surface area contributed by atoms with Gasteiger partial charge in [0.25, 0.3) is 23.6 Å². The molecule has 20 nitrogen and oxygen atoms in total. The van der Waals surface area contributed by atoms with Gasteiger partial charge in [0.15, 0.2) is 0 Å². The van der Waals surface area contributed by atoms with Crippen molar-refractivity contribution >= 4 is 70.4 Å². The number of amides is 8. The zero-order valence-corrected chi connectivity index (χ0v) is 52.0. The average molecular weight is 1250 g/mol. The van der Waals surface area contributed by atoms with Crippen LogP contribution >= 0.6 is 0 Å². The lowest BCUT2D eigenvalue weighted by Crippen LogP contribution is -2.40. The van der Waals surface area contributed by atoms with Gasteiger partial charge in [-0.05, 0) is 167 Å². The first-order valence-electron chi connectivity index (χ1n) is 32.6. The number of nitrogens with one attached hydrogen (secondary N) is 2. The molecule has 0 radical (unpaired) electrons. The van der Waals surface area contributed by atoms with E-state index in [1.807, 2.05) is 57.2 Å². The third-order valence-corrected chi connectivity index (χ3v) is 20.4. The Morgan fingerprint density at radius 2 is 1.07 bits per heavy atom. The molecule has 2 N–H and O–H groups in total. The molecule has 8 amide bonds. The fourth-order valence-corrected chi connectivity index (χ4v) is 15.9. The lowest BCUT2D eigenvalue weighted by Gasteiger charge is -2.23. The molecular formula is C72H79N5O15. The Morgan fingerprint density at radius 3 is 1.60 bits per heavy atom. The topological polar surface area (TPSA) is 262 Å². The number of esters is 1. The molecule has 3 aliphatic heterocycles. The lowest BCUT2D eigenvalue weighted by atomic mass is 9.85. The second kappa shape index (κ2) is 26.8. The number of rotatable bonds is 12. The van der Waals surface area contributed by atoms with E-state index in [9.17, 15) is 52.7 Å². The third-order valence-electron chi connectivity index (χ3n) is 20.4. The van der Waals surface area contributed by atoms with Crippen molar-refractivity contribution in [2.75, 3.05) is 19.6 Å². The number of nitrogens with zero attached hydrogens (tertiary/aromatic N) is 3. The van der Waals surface area contributed by atoms with Crippen LogP contribution in [0.2, 0.25) is 0 Å². The number of imide groups is 3. The van der Waals surface area contributed by atoms with E-state index >= 15 is 0 Å². The van der Waals surface area contributed by atoms with Gasteiger partial charge in [-0.15, -0.1) is 5.06 Å². The van der Waals surface area contributed by atoms with E-state index in [-0.39, 0.29) is 83.9 Å². The first-order chi connectivity index (χ1) is 44.2. The molecule has 7 fully saturated rings. The number of carbonyl (C=O) groups excluding carboxylic acids is 10. The van der Waals surface area contributed by atoms with Gasteiger partial charge in [0.1, 0.15) is 16.9 Å². The maximum absolute atomic E-state index is 12.5. The van der Waals surface area contributed by atoms with Crippen LogP contribution < -0.4 is 21.0 Å². The predicted octanol–water partition coefficient (Wildman–Crippen LogP) is 8.67. The zero-order chi connectivity index (χ0) is 64.5. The van der Waals surface area contributed by atoms with E-state index < -0.39 is 35.1 Å². The lowest BCUT2D eigenvalue weighted by molar-refractivity contribution is -0.201. The number of allylic oxidation sites excluding steroid dienone is 10. The average Bonchev–Trinajstić information content (AvgIpc) is 1.57. The minimum atomic E-state index is -0.497. The van der Waals surface area contributed by atoms with Crippen LogP contribution in [0.4, 0.5) is 4.79 Å². The predicted molar refractivity (Wildman–Crippen MR) is 333 cm³/mol. The largest absolute Gasteiger partial charge is 0.444 e. The number of hydrogen-bond donors (Lipinski definition) is 2. The second-order valence-electron chi connectivity index (χ2n) is 27.7. The summed E-state index contributed by atoms with van der Waals surface area (Å²) in [5.74, 6) is 3.50. The molecule has 482 valence electrons. The fourth-order valence-electron chi connectivity index (χ4n) is 15.9. The Hall–Kier alpha value is -8.81. The SMILES string of the molecule is CC(C)(C)OC(=O)NCCNC(=O)C1CC2C=CC1C2.O=C(ON1C(=O)CCC1=O)C1CC2C=CC1C2.O=C(Oc1ccc2ccc(=O)oc2c1)C1CC2C=CC1C2.O=C1C2C3C=CC(C3)C2C(=O)N1Cc1ccccc1.O=C1C=CC(=O)N1C[C@H]1CC2C=CC1C2. The van der Waals surface area contributed by atoms with Crippen molar-refractivity contribution in [3.8, 4) is 5.75 Å². The minimum Gasteiger partial charge on any atom is -0.444 e. The molecule has 20 heteroatoms. The third kappa shape index (κ3) is 14.1. The fraction of sp³-hybridized carbons (Fsp3) is 0.486. The van der Waals surface area contributed by atoms with Gasteiger partial charge in [-0.25, -0.2) is 14.4 Å². The summed E-state index contributed by atoms with van der Waals surface area (Å²) in [6.45, 7) is 7.30. The van der Waals surface area contributed by atoms with Crippen molar-refractivity contribution in [1.29, 1.82) is 0 Å². The molecule has 5 saturated carbocycles. The van der Waals surface area contributed by atoms with Gasteiger partial charge in [-0.1, -0.05) is 91.1 Å². The summed E-state index contributed by atoms with van der Waals surface area (Å²) in [5, 5.41) is 6.95. The number of alkyl carbamates (subject to hydrolysis) is 1. The van der Waals surface area contributed by atoms with Gasteiger partial charge in [0.2, 0.25) is 17.7 Å². The van der Waals surface area contributed by atoms with Gasteiger partial charge < -0.3 is 29.4 Å². The highest BCUT2D eigenvalue weighted by Crippen LogP contribution is 2.53. The molecule has 15 unspecified atom stereocenters.